The number of carbonyl (C=O) groups excluding carboxylic acids is 4. The number of quaternary nitrogens is 2. The van der Waals surface area contributed by atoms with Crippen molar-refractivity contribution in [1.29, 1.82) is 0 Å². The highest BCUT2D eigenvalue weighted by atomic mass is 16.3. The molecule has 6 rings (SSSR count). The second kappa shape index (κ2) is 11.9. The van der Waals surface area contributed by atoms with Gasteiger partial charge in [0.05, 0.1) is 42.3 Å². The number of imide groups is 2. The molecular weight excluding hydrogens is 608 g/mol. The van der Waals surface area contributed by atoms with Gasteiger partial charge in [0.25, 0.3) is 23.6 Å². The fraction of sp³-hybridized carbons (Fsp3) is 0.316. The van der Waals surface area contributed by atoms with Gasteiger partial charge in [0.15, 0.2) is 0 Å². The molecule has 0 aliphatic carbocycles. The fourth-order valence-corrected chi connectivity index (χ4v) is 6.73. The maximum atomic E-state index is 13.8. The minimum atomic E-state index is -0.471. The minimum absolute atomic E-state index is 0.135. The zero-order valence-electron chi connectivity index (χ0n) is 28.3. The highest BCUT2D eigenvalue weighted by Crippen LogP contribution is 2.38. The highest BCUT2D eigenvalue weighted by molar-refractivity contribution is 6.33. The third-order valence-corrected chi connectivity index (χ3v) is 8.89. The molecule has 0 fully saturated rings. The molecule has 0 radical (unpaired) electrons. The SMILES string of the molecule is C[N+](C)(C)Cc1cc(CCN2C(=O)c3ccc4c5c(ccc(c35)C2=O)C(=O)N(CCc2ccc(O)c(C[N+](C)(C)C)c2)C4=O)ccc1O. The van der Waals surface area contributed by atoms with Crippen molar-refractivity contribution < 1.29 is 38.4 Å². The molecule has 0 unspecified atom stereocenters. The molecule has 2 heterocycles. The summed E-state index contributed by atoms with van der Waals surface area (Å²) >= 11 is 0. The Kier molecular flexibility index (Phi) is 8.13. The van der Waals surface area contributed by atoms with Gasteiger partial charge in [0.2, 0.25) is 0 Å². The van der Waals surface area contributed by atoms with E-state index < -0.39 is 23.6 Å². The molecule has 10 nitrogen and oxygen atoms in total. The number of phenolic OH excluding ortho intramolecular Hbond substituents is 2. The van der Waals surface area contributed by atoms with Gasteiger partial charge in [0.1, 0.15) is 24.6 Å². The van der Waals surface area contributed by atoms with E-state index in [0.29, 0.717) is 45.7 Å². The lowest BCUT2D eigenvalue weighted by molar-refractivity contribution is -0.884. The van der Waals surface area contributed by atoms with Crippen LogP contribution in [0.5, 0.6) is 11.5 Å². The van der Waals surface area contributed by atoms with Crippen LogP contribution in [0.15, 0.2) is 60.7 Å². The topological polar surface area (TPSA) is 115 Å². The van der Waals surface area contributed by atoms with E-state index >= 15 is 0 Å². The van der Waals surface area contributed by atoms with Crippen LogP contribution < -0.4 is 0 Å². The lowest BCUT2D eigenvalue weighted by Crippen LogP contribution is -2.44. The Morgan fingerprint density at radius 1 is 0.500 bits per heavy atom. The Bertz CT molecular complexity index is 1810. The Labute approximate surface area is 280 Å². The Balaban J connectivity index is 1.24. The van der Waals surface area contributed by atoms with Crippen LogP contribution in [-0.2, 0) is 25.9 Å². The van der Waals surface area contributed by atoms with E-state index in [4.69, 9.17) is 0 Å². The molecule has 0 saturated heterocycles. The van der Waals surface area contributed by atoms with Crippen LogP contribution in [0.4, 0.5) is 0 Å². The second-order valence-electron chi connectivity index (χ2n) is 14.9. The van der Waals surface area contributed by atoms with Gasteiger partial charge >= 0.3 is 0 Å². The number of benzene rings is 4. The van der Waals surface area contributed by atoms with Crippen molar-refractivity contribution >= 4 is 34.4 Å². The van der Waals surface area contributed by atoms with Gasteiger partial charge in [-0.3, -0.25) is 29.0 Å². The smallest absolute Gasteiger partial charge is 0.261 e. The van der Waals surface area contributed by atoms with Crippen LogP contribution in [-0.4, -0.2) is 108 Å². The van der Waals surface area contributed by atoms with E-state index in [2.05, 4.69) is 0 Å². The zero-order chi connectivity index (χ0) is 34.7. The number of carbonyl (C=O) groups is 4. The Morgan fingerprint density at radius 3 is 1.10 bits per heavy atom. The standard InChI is InChI=1S/C38H40N4O6/c1-41(2,3)21-25-19-23(7-13-31(25)43)15-17-39-35(45)27-9-11-29-34-30(12-10-28(33(27)34)36(39)46)38(48)40(37(29)47)18-16-24-8-14-32(44)26(20-24)22-42(4,5)6/h7-14,19-20H,15-18,21-22H2,1-6H3/p+2. The maximum Gasteiger partial charge on any atom is 0.261 e. The number of rotatable bonds is 10. The molecule has 0 atom stereocenters. The summed E-state index contributed by atoms with van der Waals surface area (Å²) in [5.41, 5.74) is 4.49. The average Bonchev–Trinajstić information content (AvgIpc) is 3.00. The number of aromatic hydroxyl groups is 2. The van der Waals surface area contributed by atoms with Gasteiger partial charge in [0, 0.05) is 57.2 Å². The molecule has 48 heavy (non-hydrogen) atoms. The molecule has 4 aromatic carbocycles. The molecule has 2 N–H and O–H groups in total. The van der Waals surface area contributed by atoms with Crippen molar-refractivity contribution in [3.05, 3.63) is 105 Å². The van der Waals surface area contributed by atoms with Gasteiger partial charge in [-0.1, -0.05) is 12.1 Å². The van der Waals surface area contributed by atoms with Crippen LogP contribution in [0.25, 0.3) is 10.8 Å². The number of hydrogen-bond acceptors (Lipinski definition) is 6. The van der Waals surface area contributed by atoms with E-state index in [1.54, 1.807) is 48.5 Å². The summed E-state index contributed by atoms with van der Waals surface area (Å²) in [6, 6.07) is 17.0. The molecule has 0 spiro atoms. The van der Waals surface area contributed by atoms with Crippen LogP contribution >= 0.6 is 0 Å². The summed E-state index contributed by atoms with van der Waals surface area (Å²) in [4.78, 5) is 57.5. The summed E-state index contributed by atoms with van der Waals surface area (Å²) < 4.78 is 1.26. The average molecular weight is 651 g/mol. The highest BCUT2D eigenvalue weighted by Gasteiger charge is 2.39. The van der Waals surface area contributed by atoms with E-state index in [1.807, 2.05) is 54.4 Å². The summed E-state index contributed by atoms with van der Waals surface area (Å²) in [5, 5.41) is 21.4. The van der Waals surface area contributed by atoms with Crippen molar-refractivity contribution in [2.24, 2.45) is 0 Å². The second-order valence-corrected chi connectivity index (χ2v) is 14.9. The first kappa shape index (κ1) is 32.9. The van der Waals surface area contributed by atoms with Crippen molar-refractivity contribution in [2.75, 3.05) is 55.4 Å². The van der Waals surface area contributed by atoms with Gasteiger partial charge in [-0.2, -0.15) is 0 Å². The van der Waals surface area contributed by atoms with Crippen LogP contribution in [0.2, 0.25) is 0 Å². The zero-order valence-corrected chi connectivity index (χ0v) is 28.3. The summed E-state index contributed by atoms with van der Waals surface area (Å²) in [5.74, 6) is -1.47. The van der Waals surface area contributed by atoms with Crippen molar-refractivity contribution in [2.45, 2.75) is 25.9 Å². The molecule has 0 bridgehead atoms. The van der Waals surface area contributed by atoms with E-state index in [0.717, 1.165) is 22.3 Å². The lowest BCUT2D eigenvalue weighted by atomic mass is 9.85. The summed E-state index contributed by atoms with van der Waals surface area (Å²) in [6.07, 6.45) is 0.806. The van der Waals surface area contributed by atoms with Crippen LogP contribution in [0, 0.1) is 0 Å². The first-order chi connectivity index (χ1) is 22.5. The summed E-state index contributed by atoms with van der Waals surface area (Å²) in [6.45, 7) is 1.50. The predicted molar refractivity (Wildman–Crippen MR) is 182 cm³/mol. The largest absolute Gasteiger partial charge is 0.507 e. The van der Waals surface area contributed by atoms with Gasteiger partial charge < -0.3 is 19.2 Å². The van der Waals surface area contributed by atoms with E-state index in [-0.39, 0.29) is 46.8 Å². The lowest BCUT2D eigenvalue weighted by Gasteiger charge is -2.32. The van der Waals surface area contributed by atoms with Crippen LogP contribution in [0.3, 0.4) is 0 Å². The molecule has 248 valence electrons. The number of amides is 4. The monoisotopic (exact) mass is 650 g/mol. The molecule has 4 amide bonds. The first-order valence-electron chi connectivity index (χ1n) is 16.1. The molecular formula is C38H42N4O6+2. The van der Waals surface area contributed by atoms with Gasteiger partial charge in [-0.05, 0) is 72.5 Å². The molecule has 2 aliphatic rings. The van der Waals surface area contributed by atoms with Crippen molar-refractivity contribution in [1.82, 2.24) is 9.80 Å². The number of hydrogen-bond donors (Lipinski definition) is 2. The maximum absolute atomic E-state index is 13.8. The van der Waals surface area contributed by atoms with Gasteiger partial charge in [-0.25, -0.2) is 0 Å². The molecule has 0 aromatic heterocycles. The predicted octanol–water partition coefficient (Wildman–Crippen LogP) is 4.34. The Morgan fingerprint density at radius 2 is 0.812 bits per heavy atom. The molecule has 0 saturated carbocycles. The quantitative estimate of drug-likeness (QED) is 0.195. The van der Waals surface area contributed by atoms with E-state index in [1.165, 1.54) is 9.80 Å². The number of phenols is 2. The van der Waals surface area contributed by atoms with Crippen molar-refractivity contribution in [3.63, 3.8) is 0 Å². The third kappa shape index (κ3) is 6.16. The third-order valence-electron chi connectivity index (χ3n) is 8.89. The van der Waals surface area contributed by atoms with Crippen LogP contribution in [0.1, 0.15) is 63.7 Å². The molecule has 2 aliphatic heterocycles. The first-order valence-corrected chi connectivity index (χ1v) is 16.1. The molecule has 10 heteroatoms. The molecule has 4 aromatic rings. The minimum Gasteiger partial charge on any atom is -0.507 e. The fourth-order valence-electron chi connectivity index (χ4n) is 6.73. The van der Waals surface area contributed by atoms with Gasteiger partial charge in [-0.15, -0.1) is 0 Å². The summed E-state index contributed by atoms with van der Waals surface area (Å²) in [7, 11) is 12.2. The normalized spacial score (nSPS) is 14.8. The Hall–Kier alpha value is -5.06. The number of nitrogens with zero attached hydrogens (tertiary/aromatic N) is 4. The van der Waals surface area contributed by atoms with E-state index in [9.17, 15) is 29.4 Å². The van der Waals surface area contributed by atoms with Crippen molar-refractivity contribution in [3.8, 4) is 11.5 Å².